The number of ether oxygens (including phenoxy) is 1. The fourth-order valence-corrected chi connectivity index (χ4v) is 3.07. The molecule has 0 saturated carbocycles. The summed E-state index contributed by atoms with van der Waals surface area (Å²) < 4.78 is 7.33. The Morgan fingerprint density at radius 2 is 1.95 bits per heavy atom. The second kappa shape index (κ2) is 9.79. The molecule has 124 valence electrons. The van der Waals surface area contributed by atoms with Gasteiger partial charge in [-0.25, -0.2) is 0 Å². The second-order valence-electron chi connectivity index (χ2n) is 5.40. The maximum atomic E-state index is 6.15. The molecule has 0 radical (unpaired) electrons. The van der Waals surface area contributed by atoms with Gasteiger partial charge in [0.1, 0.15) is 11.9 Å². The monoisotopic (exact) mass is 529 g/mol. The minimum atomic E-state index is 0. The molecule has 1 aromatic carbocycles. The second-order valence-corrected chi connectivity index (χ2v) is 6.57. The summed E-state index contributed by atoms with van der Waals surface area (Å²) in [5, 5.41) is 0. The Hall–Kier alpha value is -0.250. The highest BCUT2D eigenvalue weighted by atomic mass is 127. The molecule has 0 unspecified atom stereocenters. The summed E-state index contributed by atoms with van der Waals surface area (Å²) in [6, 6.07) is 8.22. The van der Waals surface area contributed by atoms with Crippen LogP contribution in [-0.4, -0.2) is 55.6 Å². The minimum Gasteiger partial charge on any atom is -0.489 e. The number of guanidine groups is 1. The van der Waals surface area contributed by atoms with Crippen molar-refractivity contribution in [2.45, 2.75) is 25.9 Å². The number of para-hydroxylation sites is 1. The quantitative estimate of drug-likeness (QED) is 0.340. The maximum Gasteiger partial charge on any atom is 0.196 e. The van der Waals surface area contributed by atoms with Gasteiger partial charge in [0.25, 0.3) is 0 Å². The number of nitrogens with zero attached hydrogens (tertiary/aromatic N) is 3. The van der Waals surface area contributed by atoms with E-state index >= 15 is 0 Å². The Bertz CT molecular complexity index is 486. The van der Waals surface area contributed by atoms with E-state index in [2.05, 4.69) is 70.5 Å². The number of aliphatic imine (C=N–C) groups is 1. The lowest BCUT2D eigenvalue weighted by Crippen LogP contribution is -2.47. The van der Waals surface area contributed by atoms with Crippen molar-refractivity contribution in [3.05, 3.63) is 27.8 Å². The van der Waals surface area contributed by atoms with E-state index in [4.69, 9.17) is 4.74 Å². The van der Waals surface area contributed by atoms with Crippen molar-refractivity contribution < 1.29 is 4.74 Å². The van der Waals surface area contributed by atoms with E-state index in [-0.39, 0.29) is 24.0 Å². The Balaban J connectivity index is 0.00000242. The molecule has 0 atom stereocenters. The molecule has 1 heterocycles. The van der Waals surface area contributed by atoms with Crippen molar-refractivity contribution in [1.82, 2.24) is 9.80 Å². The number of likely N-dealkylation sites (tertiary alicyclic amines) is 1. The van der Waals surface area contributed by atoms with Gasteiger partial charge in [-0.2, -0.15) is 0 Å². The van der Waals surface area contributed by atoms with Crippen molar-refractivity contribution in [3.8, 4) is 5.75 Å². The molecule has 1 fully saturated rings. The Morgan fingerprint density at radius 3 is 2.50 bits per heavy atom. The van der Waals surface area contributed by atoms with E-state index in [0.717, 1.165) is 44.2 Å². The molecular weight excluding hydrogens is 504 g/mol. The first kappa shape index (κ1) is 19.8. The highest BCUT2D eigenvalue weighted by Crippen LogP contribution is 2.24. The SMILES string of the molecule is CCN=C(N(C)C)N1CCC(Oc2ccccc2I)CC1.I. The minimum absolute atomic E-state index is 0. The van der Waals surface area contributed by atoms with Crippen LogP contribution in [0.25, 0.3) is 0 Å². The normalized spacial score (nSPS) is 16.2. The van der Waals surface area contributed by atoms with Crippen molar-refractivity contribution in [1.29, 1.82) is 0 Å². The summed E-state index contributed by atoms with van der Waals surface area (Å²) in [4.78, 5) is 9.06. The van der Waals surface area contributed by atoms with E-state index in [1.165, 1.54) is 3.57 Å². The Morgan fingerprint density at radius 1 is 1.32 bits per heavy atom. The number of halogens is 2. The summed E-state index contributed by atoms with van der Waals surface area (Å²) >= 11 is 2.33. The smallest absolute Gasteiger partial charge is 0.196 e. The van der Waals surface area contributed by atoms with Crippen molar-refractivity contribution in [2.24, 2.45) is 4.99 Å². The fourth-order valence-electron chi connectivity index (χ4n) is 2.56. The van der Waals surface area contributed by atoms with Crippen LogP contribution in [0.3, 0.4) is 0 Å². The number of piperidine rings is 1. The summed E-state index contributed by atoms with van der Waals surface area (Å²) in [6.45, 7) is 4.92. The molecular formula is C16H25I2N3O. The summed E-state index contributed by atoms with van der Waals surface area (Å²) in [6.07, 6.45) is 2.39. The largest absolute Gasteiger partial charge is 0.489 e. The first-order valence-corrected chi connectivity index (χ1v) is 8.57. The van der Waals surface area contributed by atoms with Gasteiger partial charge in [0.2, 0.25) is 0 Å². The zero-order chi connectivity index (χ0) is 15.2. The van der Waals surface area contributed by atoms with Gasteiger partial charge in [-0.1, -0.05) is 12.1 Å². The summed E-state index contributed by atoms with van der Waals surface area (Å²) in [7, 11) is 4.12. The van der Waals surface area contributed by atoms with Gasteiger partial charge in [-0.3, -0.25) is 4.99 Å². The van der Waals surface area contributed by atoms with Crippen molar-refractivity contribution >= 4 is 52.5 Å². The van der Waals surface area contributed by atoms with Crippen LogP contribution in [0.4, 0.5) is 0 Å². The van der Waals surface area contributed by atoms with Crippen LogP contribution in [0.1, 0.15) is 19.8 Å². The van der Waals surface area contributed by atoms with Gasteiger partial charge >= 0.3 is 0 Å². The van der Waals surface area contributed by atoms with Crippen molar-refractivity contribution in [3.63, 3.8) is 0 Å². The average molecular weight is 529 g/mol. The van der Waals surface area contributed by atoms with Gasteiger partial charge in [-0.15, -0.1) is 24.0 Å². The van der Waals surface area contributed by atoms with Gasteiger partial charge in [0, 0.05) is 46.6 Å². The van der Waals surface area contributed by atoms with Gasteiger partial charge in [0.05, 0.1) is 3.57 Å². The summed E-state index contributed by atoms with van der Waals surface area (Å²) in [5.41, 5.74) is 0. The number of benzene rings is 1. The zero-order valence-corrected chi connectivity index (χ0v) is 17.9. The van der Waals surface area contributed by atoms with Crippen LogP contribution < -0.4 is 4.74 Å². The maximum absolute atomic E-state index is 6.15. The van der Waals surface area contributed by atoms with E-state index in [9.17, 15) is 0 Å². The standard InChI is InChI=1S/C16H24IN3O.HI/c1-4-18-16(19(2)3)20-11-9-13(10-12-20)21-15-8-6-5-7-14(15)17;/h5-8,13H,4,9-12H2,1-3H3;1H. The molecule has 1 aliphatic rings. The Kier molecular flexibility index (Phi) is 8.81. The third-order valence-electron chi connectivity index (χ3n) is 3.55. The molecule has 0 amide bonds. The lowest BCUT2D eigenvalue weighted by molar-refractivity contribution is 0.125. The van der Waals surface area contributed by atoms with Crippen LogP contribution in [0.5, 0.6) is 5.75 Å². The van der Waals surface area contributed by atoms with E-state index in [1.807, 2.05) is 12.1 Å². The van der Waals surface area contributed by atoms with Gasteiger partial charge < -0.3 is 14.5 Å². The summed E-state index contributed by atoms with van der Waals surface area (Å²) in [5.74, 6) is 2.09. The zero-order valence-electron chi connectivity index (χ0n) is 13.5. The van der Waals surface area contributed by atoms with E-state index < -0.39 is 0 Å². The number of rotatable bonds is 3. The topological polar surface area (TPSA) is 28.1 Å². The molecule has 0 N–H and O–H groups in total. The van der Waals surface area contributed by atoms with E-state index in [1.54, 1.807) is 0 Å². The van der Waals surface area contributed by atoms with Gasteiger partial charge in [0.15, 0.2) is 5.96 Å². The molecule has 6 heteroatoms. The molecule has 2 rings (SSSR count). The molecule has 4 nitrogen and oxygen atoms in total. The molecule has 1 aliphatic heterocycles. The average Bonchev–Trinajstić information content (AvgIpc) is 2.48. The van der Waals surface area contributed by atoms with Crippen LogP contribution >= 0.6 is 46.6 Å². The third-order valence-corrected chi connectivity index (χ3v) is 4.45. The lowest BCUT2D eigenvalue weighted by Gasteiger charge is -2.36. The highest BCUT2D eigenvalue weighted by molar-refractivity contribution is 14.1. The predicted octanol–water partition coefficient (Wildman–Crippen LogP) is 3.69. The van der Waals surface area contributed by atoms with Crippen LogP contribution in [0, 0.1) is 3.57 Å². The molecule has 1 saturated heterocycles. The molecule has 0 aliphatic carbocycles. The van der Waals surface area contributed by atoms with Crippen LogP contribution in [-0.2, 0) is 0 Å². The molecule has 1 aromatic rings. The van der Waals surface area contributed by atoms with Crippen LogP contribution in [0.15, 0.2) is 29.3 Å². The molecule has 0 spiro atoms. The third kappa shape index (κ3) is 5.43. The number of hydrogen-bond acceptors (Lipinski definition) is 2. The Labute approximate surface area is 164 Å². The lowest BCUT2D eigenvalue weighted by atomic mass is 10.1. The first-order valence-electron chi connectivity index (χ1n) is 7.49. The van der Waals surface area contributed by atoms with Crippen LogP contribution in [0.2, 0.25) is 0 Å². The predicted molar refractivity (Wildman–Crippen MR) is 111 cm³/mol. The molecule has 22 heavy (non-hydrogen) atoms. The van der Waals surface area contributed by atoms with Gasteiger partial charge in [-0.05, 0) is 41.6 Å². The van der Waals surface area contributed by atoms with E-state index in [0.29, 0.717) is 6.10 Å². The highest BCUT2D eigenvalue weighted by Gasteiger charge is 2.24. The van der Waals surface area contributed by atoms with Crippen molar-refractivity contribution in [2.75, 3.05) is 33.7 Å². The molecule has 0 bridgehead atoms. The molecule has 0 aromatic heterocycles. The fraction of sp³-hybridized carbons (Fsp3) is 0.562. The first-order chi connectivity index (χ1) is 10.1. The number of hydrogen-bond donors (Lipinski definition) is 0.